The number of benzene rings is 1. The van der Waals surface area contributed by atoms with Crippen molar-refractivity contribution in [1.29, 1.82) is 0 Å². The van der Waals surface area contributed by atoms with E-state index in [0.717, 1.165) is 18.7 Å². The van der Waals surface area contributed by atoms with Gasteiger partial charge in [-0.25, -0.2) is 4.39 Å². The molecule has 2 aliphatic rings. The minimum Gasteiger partial charge on any atom is -0.507 e. The van der Waals surface area contributed by atoms with Crippen LogP contribution < -0.4 is 15.8 Å². The first kappa shape index (κ1) is 22.5. The van der Waals surface area contributed by atoms with Gasteiger partial charge in [-0.2, -0.15) is 0 Å². The summed E-state index contributed by atoms with van der Waals surface area (Å²) in [7, 11) is 2.05. The summed E-state index contributed by atoms with van der Waals surface area (Å²) < 4.78 is 14.8. The van der Waals surface area contributed by atoms with Crippen molar-refractivity contribution < 1.29 is 9.50 Å². The highest BCUT2D eigenvalue weighted by Crippen LogP contribution is 2.43. The Morgan fingerprint density at radius 2 is 1.85 bits per heavy atom. The number of nitrogens with one attached hydrogen (secondary N) is 2. The fourth-order valence-electron chi connectivity index (χ4n) is 5.71. The molecule has 0 spiro atoms. The number of hydrogen-bond acceptors (Lipinski definition) is 6. The smallest absolute Gasteiger partial charge is 0.248 e. The molecule has 0 amide bonds. The fraction of sp³-hybridized carbons (Fsp3) is 0.423. The molecule has 2 aromatic heterocycles. The molecular weight excluding hydrogens is 433 g/mol. The number of halogens is 1. The maximum Gasteiger partial charge on any atom is 0.248 e. The number of phenols is 1. The van der Waals surface area contributed by atoms with E-state index in [0.29, 0.717) is 22.9 Å². The van der Waals surface area contributed by atoms with Gasteiger partial charge in [0.15, 0.2) is 5.82 Å². The maximum atomic E-state index is 14.8. The quantitative estimate of drug-likeness (QED) is 0.533. The molecule has 0 radical (unpaired) electrons. The van der Waals surface area contributed by atoms with Gasteiger partial charge in [0.2, 0.25) is 5.56 Å². The monoisotopic (exact) mass is 463 g/mol. The van der Waals surface area contributed by atoms with Gasteiger partial charge in [-0.15, -0.1) is 10.2 Å². The lowest BCUT2D eigenvalue weighted by Gasteiger charge is -2.45. The standard InChI is InChI=1S/C26H30FN5O2/c1-25-7-8-26(2,31-25)15-18(14-25)32(3)23-5-4-21(29-30-23)19-13-20(27)17(12-22(19)33)10-16-6-9-28-24(34)11-16/h4-6,9,11-13,18,31,33H,7-8,10,14-15H2,1-3H3,(H,28,34)/t18?,25-,26+. The van der Waals surface area contributed by atoms with Crippen LogP contribution >= 0.6 is 0 Å². The number of aromatic nitrogens is 3. The molecule has 0 aliphatic carbocycles. The van der Waals surface area contributed by atoms with Crippen molar-refractivity contribution in [3.8, 4) is 17.0 Å². The first-order chi connectivity index (χ1) is 16.1. The minimum absolute atomic E-state index is 0.0765. The van der Waals surface area contributed by atoms with E-state index < -0.39 is 5.82 Å². The van der Waals surface area contributed by atoms with Gasteiger partial charge in [-0.05, 0) is 81.0 Å². The molecule has 1 unspecified atom stereocenters. The van der Waals surface area contributed by atoms with E-state index >= 15 is 0 Å². The normalized spacial score (nSPS) is 25.9. The second-order valence-electron chi connectivity index (χ2n) is 10.4. The molecule has 4 heterocycles. The predicted molar refractivity (Wildman–Crippen MR) is 130 cm³/mol. The second kappa shape index (κ2) is 8.20. The molecular formula is C26H30FN5O2. The van der Waals surface area contributed by atoms with Crippen molar-refractivity contribution in [1.82, 2.24) is 20.5 Å². The Morgan fingerprint density at radius 1 is 1.12 bits per heavy atom. The minimum atomic E-state index is -0.470. The summed E-state index contributed by atoms with van der Waals surface area (Å²) in [5.41, 5.74) is 1.71. The summed E-state index contributed by atoms with van der Waals surface area (Å²) in [4.78, 5) is 16.2. The first-order valence-corrected chi connectivity index (χ1v) is 11.7. The molecule has 1 aromatic carbocycles. The number of hydrogen-bond donors (Lipinski definition) is 3. The number of rotatable bonds is 5. The zero-order valence-corrected chi connectivity index (χ0v) is 19.7. The summed E-state index contributed by atoms with van der Waals surface area (Å²) in [5, 5.41) is 23.1. The van der Waals surface area contributed by atoms with Crippen LogP contribution in [0.3, 0.4) is 0 Å². The van der Waals surface area contributed by atoms with Crippen LogP contribution in [0.4, 0.5) is 10.2 Å². The van der Waals surface area contributed by atoms with Crippen LogP contribution in [0.2, 0.25) is 0 Å². The SMILES string of the molecule is CN(c1ccc(-c2cc(F)c(Cc3cc[nH]c(=O)c3)cc2O)nn1)C1C[C@]2(C)CC[C@](C)(C1)N2. The zero-order chi connectivity index (χ0) is 24.1. The lowest BCUT2D eigenvalue weighted by Crippen LogP contribution is -2.58. The van der Waals surface area contributed by atoms with E-state index in [1.54, 1.807) is 12.1 Å². The summed E-state index contributed by atoms with van der Waals surface area (Å²) >= 11 is 0. The van der Waals surface area contributed by atoms with Crippen molar-refractivity contribution in [3.05, 3.63) is 69.9 Å². The number of nitrogens with zero attached hydrogens (tertiary/aromatic N) is 3. The van der Waals surface area contributed by atoms with Gasteiger partial charge in [0, 0.05) is 48.4 Å². The highest BCUT2D eigenvalue weighted by Gasteiger charge is 2.49. The van der Waals surface area contributed by atoms with Gasteiger partial charge in [0.1, 0.15) is 11.6 Å². The van der Waals surface area contributed by atoms with Crippen LogP contribution in [-0.4, -0.2) is 44.5 Å². The molecule has 5 rings (SSSR count). The molecule has 2 aliphatic heterocycles. The molecule has 8 heteroatoms. The summed E-state index contributed by atoms with van der Waals surface area (Å²) in [6, 6.07) is 9.79. The van der Waals surface area contributed by atoms with Gasteiger partial charge in [0.25, 0.3) is 0 Å². The van der Waals surface area contributed by atoms with E-state index in [2.05, 4.69) is 39.2 Å². The summed E-state index contributed by atoms with van der Waals surface area (Å²) in [6.45, 7) is 4.59. The van der Waals surface area contributed by atoms with Crippen molar-refractivity contribution in [2.75, 3.05) is 11.9 Å². The highest BCUT2D eigenvalue weighted by atomic mass is 19.1. The third-order valence-corrected chi connectivity index (χ3v) is 7.44. The van der Waals surface area contributed by atoms with Crippen molar-refractivity contribution in [2.45, 2.75) is 63.1 Å². The Morgan fingerprint density at radius 3 is 2.50 bits per heavy atom. The number of pyridine rings is 1. The van der Waals surface area contributed by atoms with E-state index in [4.69, 9.17) is 0 Å². The molecule has 178 valence electrons. The number of phenolic OH excluding ortho intramolecular Hbond substituents is 1. The number of anilines is 1. The van der Waals surface area contributed by atoms with Gasteiger partial charge in [-0.1, -0.05) is 0 Å². The van der Waals surface area contributed by atoms with Crippen molar-refractivity contribution in [2.24, 2.45) is 0 Å². The van der Waals surface area contributed by atoms with E-state index in [9.17, 15) is 14.3 Å². The van der Waals surface area contributed by atoms with Crippen LogP contribution in [-0.2, 0) is 6.42 Å². The molecule has 2 bridgehead atoms. The molecule has 3 atom stereocenters. The number of piperidine rings is 1. The van der Waals surface area contributed by atoms with Gasteiger partial charge in [-0.3, -0.25) is 4.79 Å². The molecule has 0 saturated carbocycles. The Labute approximate surface area is 198 Å². The van der Waals surface area contributed by atoms with Crippen LogP contribution in [0, 0.1) is 5.82 Å². The van der Waals surface area contributed by atoms with Gasteiger partial charge in [0.05, 0.1) is 5.69 Å². The number of aromatic amines is 1. The summed E-state index contributed by atoms with van der Waals surface area (Å²) in [6.07, 6.45) is 6.17. The average molecular weight is 464 g/mol. The van der Waals surface area contributed by atoms with E-state index in [1.807, 2.05) is 13.1 Å². The van der Waals surface area contributed by atoms with Crippen molar-refractivity contribution >= 4 is 5.82 Å². The van der Waals surface area contributed by atoms with Crippen LogP contribution in [0.15, 0.2) is 47.4 Å². The third kappa shape index (κ3) is 4.30. The largest absolute Gasteiger partial charge is 0.507 e. The second-order valence-corrected chi connectivity index (χ2v) is 10.4. The number of aromatic hydroxyl groups is 1. The lowest BCUT2D eigenvalue weighted by atomic mass is 9.84. The maximum absolute atomic E-state index is 14.8. The predicted octanol–water partition coefficient (Wildman–Crippen LogP) is 3.77. The third-order valence-electron chi connectivity index (χ3n) is 7.44. The van der Waals surface area contributed by atoms with Gasteiger partial charge < -0.3 is 20.3 Å². The van der Waals surface area contributed by atoms with Crippen LogP contribution in [0.1, 0.15) is 50.7 Å². The van der Waals surface area contributed by atoms with Crippen LogP contribution in [0.25, 0.3) is 11.3 Å². The molecule has 7 nitrogen and oxygen atoms in total. The number of H-pyrrole nitrogens is 1. The first-order valence-electron chi connectivity index (χ1n) is 11.7. The van der Waals surface area contributed by atoms with Gasteiger partial charge >= 0.3 is 0 Å². The molecule has 2 fully saturated rings. The highest BCUT2D eigenvalue weighted by molar-refractivity contribution is 5.68. The molecule has 3 aromatic rings. The topological polar surface area (TPSA) is 94.1 Å². The zero-order valence-electron chi connectivity index (χ0n) is 19.7. The number of fused-ring (bicyclic) bond motifs is 2. The molecule has 3 N–H and O–H groups in total. The van der Waals surface area contributed by atoms with E-state index in [1.165, 1.54) is 37.2 Å². The summed E-state index contributed by atoms with van der Waals surface area (Å²) in [5.74, 6) is 0.211. The fourth-order valence-corrected chi connectivity index (χ4v) is 5.71. The molecule has 2 saturated heterocycles. The Hall–Kier alpha value is -3.26. The van der Waals surface area contributed by atoms with Crippen molar-refractivity contribution in [3.63, 3.8) is 0 Å². The average Bonchev–Trinajstić information content (AvgIpc) is 3.02. The Bertz CT molecular complexity index is 1260. The van der Waals surface area contributed by atoms with E-state index in [-0.39, 0.29) is 34.4 Å². The molecule has 34 heavy (non-hydrogen) atoms. The Kier molecular flexibility index (Phi) is 5.43. The lowest BCUT2D eigenvalue weighted by molar-refractivity contribution is 0.207. The van der Waals surface area contributed by atoms with Crippen LogP contribution in [0.5, 0.6) is 5.75 Å². The Balaban J connectivity index is 1.35.